The highest BCUT2D eigenvalue weighted by atomic mass is 32.2. The van der Waals surface area contributed by atoms with Gasteiger partial charge in [-0.25, -0.2) is 8.70 Å². The fraction of sp³-hybridized carbons (Fsp3) is 0.462. The van der Waals surface area contributed by atoms with E-state index in [2.05, 4.69) is 5.32 Å². The Bertz CT molecular complexity index is 1190. The Hall–Kier alpha value is -2.98. The van der Waals surface area contributed by atoms with Crippen molar-refractivity contribution in [2.75, 3.05) is 24.9 Å². The van der Waals surface area contributed by atoms with Crippen LogP contribution in [0.5, 0.6) is 0 Å². The van der Waals surface area contributed by atoms with Crippen LogP contribution in [0.15, 0.2) is 42.5 Å². The number of amides is 2. The van der Waals surface area contributed by atoms with Gasteiger partial charge in [0.2, 0.25) is 11.8 Å². The van der Waals surface area contributed by atoms with Crippen LogP contribution >= 0.6 is 0 Å². The molecule has 2 aromatic carbocycles. The van der Waals surface area contributed by atoms with Gasteiger partial charge in [-0.05, 0) is 57.4 Å². The molecule has 0 radical (unpaired) electrons. The summed E-state index contributed by atoms with van der Waals surface area (Å²) >= 11 is 0. The first kappa shape index (κ1) is 29.3. The van der Waals surface area contributed by atoms with E-state index in [0.717, 1.165) is 14.2 Å². The number of nitrogens with zero attached hydrogens (tertiary/aromatic N) is 3. The summed E-state index contributed by atoms with van der Waals surface area (Å²) in [5.74, 6) is -1.55. The van der Waals surface area contributed by atoms with Gasteiger partial charge in [-0.2, -0.15) is 12.7 Å². The number of carbonyl (C=O) groups is 2. The van der Waals surface area contributed by atoms with E-state index in [1.165, 1.54) is 37.2 Å². The summed E-state index contributed by atoms with van der Waals surface area (Å²) in [6.07, 6.45) is 0.696. The first-order valence-electron chi connectivity index (χ1n) is 11.9. The molecule has 2 rings (SSSR count). The number of halogens is 1. The van der Waals surface area contributed by atoms with Gasteiger partial charge in [-0.15, -0.1) is 0 Å². The summed E-state index contributed by atoms with van der Waals surface area (Å²) < 4.78 is 43.2. The smallest absolute Gasteiger partial charge is 0.304 e. The second-order valence-electron chi connectivity index (χ2n) is 9.19. The predicted octanol–water partition coefficient (Wildman–Crippen LogP) is 3.39. The molecular weight excluding hydrogens is 483 g/mol. The molecule has 198 valence electrons. The minimum atomic E-state index is -4.07. The van der Waals surface area contributed by atoms with E-state index in [4.69, 9.17) is 0 Å². The number of benzene rings is 2. The maximum Gasteiger partial charge on any atom is 0.304 e. The van der Waals surface area contributed by atoms with Crippen molar-refractivity contribution in [3.63, 3.8) is 0 Å². The van der Waals surface area contributed by atoms with Gasteiger partial charge in [-0.1, -0.05) is 37.3 Å². The molecule has 0 heterocycles. The van der Waals surface area contributed by atoms with E-state index >= 15 is 0 Å². The second kappa shape index (κ2) is 12.3. The van der Waals surface area contributed by atoms with E-state index in [-0.39, 0.29) is 18.2 Å². The Morgan fingerprint density at radius 1 is 1.06 bits per heavy atom. The molecule has 1 N–H and O–H groups in total. The van der Waals surface area contributed by atoms with Crippen molar-refractivity contribution in [3.05, 3.63) is 65.0 Å². The maximum atomic E-state index is 14.5. The molecule has 2 amide bonds. The number of nitrogens with one attached hydrogen (secondary N) is 1. The summed E-state index contributed by atoms with van der Waals surface area (Å²) in [7, 11) is -1.29. The van der Waals surface area contributed by atoms with Gasteiger partial charge in [0.1, 0.15) is 18.4 Å². The molecule has 0 aromatic heterocycles. The van der Waals surface area contributed by atoms with Gasteiger partial charge < -0.3 is 10.2 Å². The molecule has 0 aliphatic heterocycles. The second-order valence-corrected chi connectivity index (χ2v) is 11.3. The topological polar surface area (TPSA) is 90.0 Å². The fourth-order valence-electron chi connectivity index (χ4n) is 3.55. The Morgan fingerprint density at radius 2 is 1.69 bits per heavy atom. The van der Waals surface area contributed by atoms with Gasteiger partial charge in [0.25, 0.3) is 0 Å². The molecule has 0 bridgehead atoms. The SMILES string of the molecule is CC[C@H](C)NC(=O)[C@H](C)N(Cc1ccccc1F)C(=O)CN(c1cc(C)ccc1C)S(=O)(=O)N(C)C. The van der Waals surface area contributed by atoms with Crippen molar-refractivity contribution in [3.8, 4) is 0 Å². The Morgan fingerprint density at radius 3 is 2.28 bits per heavy atom. The number of carbonyl (C=O) groups excluding carboxylic acids is 2. The van der Waals surface area contributed by atoms with Crippen molar-refractivity contribution in [1.82, 2.24) is 14.5 Å². The minimum absolute atomic E-state index is 0.120. The molecule has 0 fully saturated rings. The number of aryl methyl sites for hydroxylation is 2. The van der Waals surface area contributed by atoms with Gasteiger partial charge in [-0.3, -0.25) is 9.59 Å². The standard InChI is InChI=1S/C26H37FN4O4S/c1-8-20(4)28-26(33)21(5)30(16-22-11-9-10-12-23(22)27)25(32)17-31(36(34,35)29(6)7)24-15-18(2)13-14-19(24)3/h9-15,20-21H,8,16-17H2,1-7H3,(H,28,33)/t20-,21-/m0/s1. The largest absolute Gasteiger partial charge is 0.352 e. The zero-order valence-electron chi connectivity index (χ0n) is 22.1. The van der Waals surface area contributed by atoms with E-state index in [1.807, 2.05) is 26.8 Å². The summed E-state index contributed by atoms with van der Waals surface area (Å²) in [4.78, 5) is 27.9. The highest BCUT2D eigenvalue weighted by molar-refractivity contribution is 7.90. The number of rotatable bonds is 11. The molecule has 2 atom stereocenters. The molecule has 36 heavy (non-hydrogen) atoms. The van der Waals surface area contributed by atoms with Crippen molar-refractivity contribution in [1.29, 1.82) is 0 Å². The first-order valence-corrected chi connectivity index (χ1v) is 13.3. The van der Waals surface area contributed by atoms with Crippen LogP contribution in [-0.4, -0.2) is 62.2 Å². The van der Waals surface area contributed by atoms with Crippen molar-refractivity contribution in [2.24, 2.45) is 0 Å². The summed E-state index contributed by atoms with van der Waals surface area (Å²) in [6, 6.07) is 10.2. The molecule has 0 aliphatic rings. The summed E-state index contributed by atoms with van der Waals surface area (Å²) in [5.41, 5.74) is 2.08. The predicted molar refractivity (Wildman–Crippen MR) is 140 cm³/mol. The Kier molecular flexibility index (Phi) is 10.0. The zero-order valence-corrected chi connectivity index (χ0v) is 22.9. The molecule has 0 saturated heterocycles. The average Bonchev–Trinajstić information content (AvgIpc) is 2.82. The monoisotopic (exact) mass is 520 g/mol. The number of hydrogen-bond donors (Lipinski definition) is 1. The first-order chi connectivity index (χ1) is 16.8. The lowest BCUT2D eigenvalue weighted by Gasteiger charge is -2.33. The van der Waals surface area contributed by atoms with Gasteiger partial charge >= 0.3 is 10.2 Å². The van der Waals surface area contributed by atoms with Crippen molar-refractivity contribution in [2.45, 2.75) is 59.7 Å². The third-order valence-electron chi connectivity index (χ3n) is 6.12. The highest BCUT2D eigenvalue weighted by Crippen LogP contribution is 2.26. The van der Waals surface area contributed by atoms with Crippen LogP contribution in [-0.2, 0) is 26.3 Å². The van der Waals surface area contributed by atoms with Crippen LogP contribution in [0.1, 0.15) is 43.9 Å². The van der Waals surface area contributed by atoms with E-state index in [0.29, 0.717) is 17.7 Å². The molecular formula is C26H37FN4O4S. The zero-order chi connectivity index (χ0) is 27.2. The number of hydrogen-bond acceptors (Lipinski definition) is 4. The Labute approximate surface area is 214 Å². The van der Waals surface area contributed by atoms with E-state index in [1.54, 1.807) is 32.0 Å². The summed E-state index contributed by atoms with van der Waals surface area (Å²) in [6.45, 7) is 8.17. The lowest BCUT2D eigenvalue weighted by atomic mass is 10.1. The van der Waals surface area contributed by atoms with Gasteiger partial charge in [0, 0.05) is 32.2 Å². The quantitative estimate of drug-likeness (QED) is 0.492. The lowest BCUT2D eigenvalue weighted by Crippen LogP contribution is -2.53. The fourth-order valence-corrected chi connectivity index (χ4v) is 4.66. The van der Waals surface area contributed by atoms with Crippen LogP contribution in [0.25, 0.3) is 0 Å². The maximum absolute atomic E-state index is 14.5. The molecule has 0 spiro atoms. The lowest BCUT2D eigenvalue weighted by molar-refractivity contribution is -0.139. The molecule has 8 nitrogen and oxygen atoms in total. The molecule has 0 aliphatic carbocycles. The van der Waals surface area contributed by atoms with Crippen LogP contribution in [0.3, 0.4) is 0 Å². The van der Waals surface area contributed by atoms with Gasteiger partial charge in [0.15, 0.2) is 0 Å². The van der Waals surface area contributed by atoms with E-state index in [9.17, 15) is 22.4 Å². The van der Waals surface area contributed by atoms with Crippen molar-refractivity contribution >= 4 is 27.7 Å². The summed E-state index contributed by atoms with van der Waals surface area (Å²) in [5, 5.41) is 2.85. The van der Waals surface area contributed by atoms with E-state index < -0.39 is 40.4 Å². The average molecular weight is 521 g/mol. The minimum Gasteiger partial charge on any atom is -0.352 e. The molecule has 10 heteroatoms. The van der Waals surface area contributed by atoms with Crippen LogP contribution in [0, 0.1) is 19.7 Å². The Balaban J connectivity index is 2.52. The van der Waals surface area contributed by atoms with Crippen LogP contribution in [0.2, 0.25) is 0 Å². The molecule has 0 unspecified atom stereocenters. The third kappa shape index (κ3) is 7.04. The van der Waals surface area contributed by atoms with Crippen LogP contribution in [0.4, 0.5) is 10.1 Å². The van der Waals surface area contributed by atoms with Gasteiger partial charge in [0.05, 0.1) is 5.69 Å². The van der Waals surface area contributed by atoms with Crippen molar-refractivity contribution < 1.29 is 22.4 Å². The molecule has 0 saturated carbocycles. The number of anilines is 1. The normalized spacial score (nSPS) is 13.2. The van der Waals surface area contributed by atoms with Crippen LogP contribution < -0.4 is 9.62 Å². The molecule has 2 aromatic rings. The highest BCUT2D eigenvalue weighted by Gasteiger charge is 2.33. The third-order valence-corrected chi connectivity index (χ3v) is 7.92.